The van der Waals surface area contributed by atoms with Crippen LogP contribution >= 0.6 is 12.2 Å². The minimum absolute atomic E-state index is 0.0926. The van der Waals surface area contributed by atoms with E-state index >= 15 is 0 Å². The summed E-state index contributed by atoms with van der Waals surface area (Å²) >= 11 is 5.33. The Morgan fingerprint density at radius 1 is 1.29 bits per heavy atom. The summed E-state index contributed by atoms with van der Waals surface area (Å²) < 4.78 is 0. The standard InChI is InChI=1S/C12H15N3OS/c16-11-6-8-15(9-7-13-11)12(17)14-10-4-2-1-3-5-10/h1-5H,6-9H2,(H,13,16)(H,14,17). The summed E-state index contributed by atoms with van der Waals surface area (Å²) in [5.74, 6) is 0.0926. The second-order valence-electron chi connectivity index (χ2n) is 3.88. The van der Waals surface area contributed by atoms with Crippen molar-refractivity contribution in [1.29, 1.82) is 0 Å². The molecule has 0 radical (unpaired) electrons. The topological polar surface area (TPSA) is 44.4 Å². The molecule has 1 aromatic rings. The first kappa shape index (κ1) is 11.9. The normalized spacial score (nSPS) is 16.0. The van der Waals surface area contributed by atoms with Gasteiger partial charge >= 0.3 is 0 Å². The third kappa shape index (κ3) is 3.42. The van der Waals surface area contributed by atoms with E-state index in [1.807, 2.05) is 35.2 Å². The van der Waals surface area contributed by atoms with Crippen molar-refractivity contribution in [3.63, 3.8) is 0 Å². The van der Waals surface area contributed by atoms with Gasteiger partial charge in [0.05, 0.1) is 0 Å². The summed E-state index contributed by atoms with van der Waals surface area (Å²) in [5, 5.41) is 6.67. The van der Waals surface area contributed by atoms with Crippen LogP contribution in [0.15, 0.2) is 30.3 Å². The van der Waals surface area contributed by atoms with Gasteiger partial charge in [0.15, 0.2) is 5.11 Å². The van der Waals surface area contributed by atoms with Crippen LogP contribution in [0.2, 0.25) is 0 Å². The van der Waals surface area contributed by atoms with Gasteiger partial charge in [-0.3, -0.25) is 4.79 Å². The average Bonchev–Trinajstić information content (AvgIpc) is 2.55. The Morgan fingerprint density at radius 2 is 2.06 bits per heavy atom. The van der Waals surface area contributed by atoms with Crippen LogP contribution in [0, 0.1) is 0 Å². The maximum Gasteiger partial charge on any atom is 0.221 e. The number of carbonyl (C=O) groups excluding carboxylic acids is 1. The minimum atomic E-state index is 0.0926. The van der Waals surface area contributed by atoms with Gasteiger partial charge in [0, 0.05) is 31.7 Å². The first-order valence-corrected chi connectivity index (χ1v) is 6.04. The lowest BCUT2D eigenvalue weighted by Gasteiger charge is -2.23. The number of hydrogen-bond acceptors (Lipinski definition) is 2. The van der Waals surface area contributed by atoms with Gasteiger partial charge in [0.1, 0.15) is 0 Å². The molecule has 0 aromatic heterocycles. The monoisotopic (exact) mass is 249 g/mol. The number of hydrogen-bond donors (Lipinski definition) is 2. The molecule has 1 aromatic carbocycles. The molecule has 2 rings (SSSR count). The SMILES string of the molecule is O=C1CCN(C(=S)Nc2ccccc2)CCN1. The molecule has 1 fully saturated rings. The van der Waals surface area contributed by atoms with E-state index in [2.05, 4.69) is 10.6 Å². The van der Waals surface area contributed by atoms with Crippen LogP contribution in [0.1, 0.15) is 6.42 Å². The van der Waals surface area contributed by atoms with Crippen LogP contribution in [0.4, 0.5) is 5.69 Å². The molecule has 1 saturated heterocycles. The number of thiocarbonyl (C=S) groups is 1. The predicted molar refractivity (Wildman–Crippen MR) is 71.9 cm³/mol. The van der Waals surface area contributed by atoms with Crippen LogP contribution in [-0.2, 0) is 4.79 Å². The van der Waals surface area contributed by atoms with Crippen molar-refractivity contribution in [3.05, 3.63) is 30.3 Å². The zero-order valence-corrected chi connectivity index (χ0v) is 10.3. The number of anilines is 1. The van der Waals surface area contributed by atoms with Crippen LogP contribution in [0.25, 0.3) is 0 Å². The molecule has 90 valence electrons. The number of amides is 1. The highest BCUT2D eigenvalue weighted by Crippen LogP contribution is 2.07. The summed E-state index contributed by atoms with van der Waals surface area (Å²) in [4.78, 5) is 13.2. The second-order valence-corrected chi connectivity index (χ2v) is 4.27. The van der Waals surface area contributed by atoms with Crippen molar-refractivity contribution >= 4 is 28.9 Å². The van der Waals surface area contributed by atoms with Gasteiger partial charge in [-0.25, -0.2) is 0 Å². The molecule has 2 N–H and O–H groups in total. The average molecular weight is 249 g/mol. The number of benzene rings is 1. The fourth-order valence-corrected chi connectivity index (χ4v) is 1.99. The van der Waals surface area contributed by atoms with Crippen molar-refractivity contribution in [2.75, 3.05) is 25.0 Å². The van der Waals surface area contributed by atoms with Gasteiger partial charge in [-0.05, 0) is 24.4 Å². The Labute approximate surface area is 106 Å². The molecule has 5 heteroatoms. The molecule has 1 heterocycles. The second kappa shape index (κ2) is 5.63. The Bertz CT molecular complexity index is 407. The summed E-state index contributed by atoms with van der Waals surface area (Å²) in [6.45, 7) is 2.07. The lowest BCUT2D eigenvalue weighted by atomic mass is 10.3. The first-order chi connectivity index (χ1) is 8.25. The smallest absolute Gasteiger partial charge is 0.221 e. The van der Waals surface area contributed by atoms with Crippen molar-refractivity contribution < 1.29 is 4.79 Å². The summed E-state index contributed by atoms with van der Waals surface area (Å²) in [6, 6.07) is 9.81. The van der Waals surface area contributed by atoms with Crippen LogP contribution in [0.5, 0.6) is 0 Å². The van der Waals surface area contributed by atoms with E-state index in [1.165, 1.54) is 0 Å². The molecule has 0 bridgehead atoms. The molecular weight excluding hydrogens is 234 g/mol. The molecule has 4 nitrogen and oxygen atoms in total. The van der Waals surface area contributed by atoms with Crippen molar-refractivity contribution in [2.24, 2.45) is 0 Å². The van der Waals surface area contributed by atoms with Gasteiger partial charge in [-0.2, -0.15) is 0 Å². The van der Waals surface area contributed by atoms with Crippen molar-refractivity contribution in [2.45, 2.75) is 6.42 Å². The lowest BCUT2D eigenvalue weighted by Crippen LogP contribution is -2.37. The maximum absolute atomic E-state index is 11.2. The highest BCUT2D eigenvalue weighted by Gasteiger charge is 2.15. The van der Waals surface area contributed by atoms with E-state index in [4.69, 9.17) is 12.2 Å². The molecule has 1 amide bonds. The van der Waals surface area contributed by atoms with E-state index in [0.717, 1.165) is 12.2 Å². The number of rotatable bonds is 1. The molecule has 0 aliphatic carbocycles. The molecule has 1 aliphatic heterocycles. The molecule has 0 saturated carbocycles. The molecule has 0 unspecified atom stereocenters. The Hall–Kier alpha value is -1.62. The zero-order valence-electron chi connectivity index (χ0n) is 9.48. The maximum atomic E-state index is 11.2. The van der Waals surface area contributed by atoms with Gasteiger partial charge < -0.3 is 15.5 Å². The number of para-hydroxylation sites is 1. The number of carbonyl (C=O) groups is 1. The summed E-state index contributed by atoms with van der Waals surface area (Å²) in [5.41, 5.74) is 0.973. The van der Waals surface area contributed by atoms with Crippen LogP contribution in [0.3, 0.4) is 0 Å². The minimum Gasteiger partial charge on any atom is -0.354 e. The number of nitrogens with one attached hydrogen (secondary N) is 2. The number of nitrogens with zero attached hydrogens (tertiary/aromatic N) is 1. The Balaban J connectivity index is 1.93. The third-order valence-electron chi connectivity index (χ3n) is 2.62. The summed E-state index contributed by atoms with van der Waals surface area (Å²) in [6.07, 6.45) is 0.497. The Morgan fingerprint density at radius 3 is 2.82 bits per heavy atom. The van der Waals surface area contributed by atoms with E-state index in [-0.39, 0.29) is 5.91 Å². The van der Waals surface area contributed by atoms with Crippen LogP contribution < -0.4 is 10.6 Å². The lowest BCUT2D eigenvalue weighted by molar-refractivity contribution is -0.120. The van der Waals surface area contributed by atoms with Crippen molar-refractivity contribution in [3.8, 4) is 0 Å². The predicted octanol–water partition coefficient (Wildman–Crippen LogP) is 1.21. The fourth-order valence-electron chi connectivity index (χ4n) is 1.69. The Kier molecular flexibility index (Phi) is 3.93. The first-order valence-electron chi connectivity index (χ1n) is 5.63. The summed E-state index contributed by atoms with van der Waals surface area (Å²) in [7, 11) is 0. The largest absolute Gasteiger partial charge is 0.354 e. The third-order valence-corrected chi connectivity index (χ3v) is 2.99. The molecular formula is C12H15N3OS. The molecule has 1 aliphatic rings. The van der Waals surface area contributed by atoms with Crippen molar-refractivity contribution in [1.82, 2.24) is 10.2 Å². The van der Waals surface area contributed by atoms with Gasteiger partial charge in [-0.15, -0.1) is 0 Å². The van der Waals surface area contributed by atoms with Gasteiger partial charge in [-0.1, -0.05) is 18.2 Å². The quantitative estimate of drug-likeness (QED) is 0.734. The van der Waals surface area contributed by atoms with E-state index < -0.39 is 0 Å². The molecule has 0 atom stereocenters. The van der Waals surface area contributed by atoms with E-state index in [1.54, 1.807) is 0 Å². The van der Waals surface area contributed by atoms with E-state index in [0.29, 0.717) is 24.6 Å². The molecule has 0 spiro atoms. The fraction of sp³-hybridized carbons (Fsp3) is 0.333. The highest BCUT2D eigenvalue weighted by atomic mass is 32.1. The van der Waals surface area contributed by atoms with Gasteiger partial charge in [0.25, 0.3) is 0 Å². The molecule has 17 heavy (non-hydrogen) atoms. The zero-order chi connectivity index (χ0) is 12.1. The van der Waals surface area contributed by atoms with E-state index in [9.17, 15) is 4.79 Å². The highest BCUT2D eigenvalue weighted by molar-refractivity contribution is 7.80. The van der Waals surface area contributed by atoms with Gasteiger partial charge in [0.2, 0.25) is 5.91 Å². The van der Waals surface area contributed by atoms with Crippen LogP contribution in [-0.4, -0.2) is 35.6 Å².